The van der Waals surface area contributed by atoms with Crippen LogP contribution in [0.4, 0.5) is 13.2 Å². The van der Waals surface area contributed by atoms with Crippen LogP contribution in [0.1, 0.15) is 23.6 Å². The van der Waals surface area contributed by atoms with E-state index in [9.17, 15) is 13.2 Å². The molecule has 1 heterocycles. The molecule has 0 fully saturated rings. The van der Waals surface area contributed by atoms with Gasteiger partial charge >= 0.3 is 0 Å². The van der Waals surface area contributed by atoms with E-state index < -0.39 is 17.9 Å². The average Bonchev–Trinajstić information content (AvgIpc) is 3.15. The third-order valence-electron chi connectivity index (χ3n) is 4.07. The highest BCUT2D eigenvalue weighted by Gasteiger charge is 2.23. The number of nitrogens with one attached hydrogen (secondary N) is 1. The number of thioether (sulfide) groups is 1. The summed E-state index contributed by atoms with van der Waals surface area (Å²) in [6.45, 7) is 0.668. The molecule has 3 rings (SSSR count). The molecule has 0 amide bonds. The van der Waals surface area contributed by atoms with Gasteiger partial charge < -0.3 is 5.32 Å². The van der Waals surface area contributed by atoms with Crippen LogP contribution in [0.25, 0.3) is 5.57 Å². The van der Waals surface area contributed by atoms with Gasteiger partial charge in [-0.3, -0.25) is 4.99 Å². The Balaban J connectivity index is 1.97. The minimum Gasteiger partial charge on any atom is -0.358 e. The van der Waals surface area contributed by atoms with Gasteiger partial charge in [-0.1, -0.05) is 59.2 Å². The number of halogens is 5. The normalized spacial score (nSPS) is 14.6. The number of aliphatic imine (C=N–C) groups is 1. The summed E-state index contributed by atoms with van der Waals surface area (Å²) in [4.78, 5) is 4.33. The molecule has 1 aliphatic heterocycles. The minimum absolute atomic E-state index is 0.0619. The standard InChI is InChI=1S/C19H15Cl2F3N2S/c20-15-3-1-2-13(17(15)21)16(26-19-25-8-9-27-19)10-14(18(23)24)11-4-6-12(22)7-5-11/h1-7,16H,8-10H2,(H,25,26). The van der Waals surface area contributed by atoms with Crippen molar-refractivity contribution in [2.75, 3.05) is 12.3 Å². The number of hydrogen-bond donors (Lipinski definition) is 1. The molecule has 1 unspecified atom stereocenters. The molecule has 0 bridgehead atoms. The molecule has 2 aromatic rings. The topological polar surface area (TPSA) is 24.4 Å². The van der Waals surface area contributed by atoms with E-state index in [0.717, 1.165) is 17.9 Å². The number of rotatable bonds is 5. The first kappa shape index (κ1) is 20.1. The predicted octanol–water partition coefficient (Wildman–Crippen LogP) is 6.56. The third-order valence-corrected chi connectivity index (χ3v) is 5.81. The Bertz CT molecular complexity index is 881. The molecule has 2 aromatic carbocycles. The van der Waals surface area contributed by atoms with Gasteiger partial charge in [-0.2, -0.15) is 8.78 Å². The van der Waals surface area contributed by atoms with Crippen LogP contribution in [0.2, 0.25) is 10.0 Å². The van der Waals surface area contributed by atoms with E-state index in [0.29, 0.717) is 27.3 Å². The van der Waals surface area contributed by atoms with Crippen LogP contribution in [-0.4, -0.2) is 17.5 Å². The molecule has 142 valence electrons. The van der Waals surface area contributed by atoms with Gasteiger partial charge in [0.25, 0.3) is 6.08 Å². The van der Waals surface area contributed by atoms with Crippen molar-refractivity contribution in [3.8, 4) is 0 Å². The summed E-state index contributed by atoms with van der Waals surface area (Å²) in [6, 6.07) is 9.51. The Morgan fingerprint density at radius 3 is 2.52 bits per heavy atom. The van der Waals surface area contributed by atoms with Gasteiger partial charge in [-0.25, -0.2) is 4.39 Å². The monoisotopic (exact) mass is 430 g/mol. The highest BCUT2D eigenvalue weighted by molar-refractivity contribution is 8.14. The van der Waals surface area contributed by atoms with E-state index in [1.807, 2.05) is 0 Å². The Morgan fingerprint density at radius 2 is 1.89 bits per heavy atom. The summed E-state index contributed by atoms with van der Waals surface area (Å²) in [5, 5.41) is 4.52. The smallest absolute Gasteiger partial charge is 0.274 e. The van der Waals surface area contributed by atoms with E-state index >= 15 is 0 Å². The van der Waals surface area contributed by atoms with E-state index in [4.69, 9.17) is 23.2 Å². The zero-order chi connectivity index (χ0) is 19.4. The number of benzene rings is 2. The highest BCUT2D eigenvalue weighted by atomic mass is 35.5. The Kier molecular flexibility index (Phi) is 6.73. The average molecular weight is 431 g/mol. The van der Waals surface area contributed by atoms with E-state index in [1.165, 1.54) is 23.9 Å². The molecule has 0 aliphatic carbocycles. The second kappa shape index (κ2) is 9.04. The first-order chi connectivity index (χ1) is 13.0. The van der Waals surface area contributed by atoms with Gasteiger partial charge in [0.1, 0.15) is 5.82 Å². The zero-order valence-corrected chi connectivity index (χ0v) is 16.3. The fourth-order valence-electron chi connectivity index (χ4n) is 2.76. The van der Waals surface area contributed by atoms with Crippen molar-refractivity contribution in [3.05, 3.63) is 75.5 Å². The van der Waals surface area contributed by atoms with E-state index in [-0.39, 0.29) is 17.6 Å². The van der Waals surface area contributed by atoms with Gasteiger partial charge in [0.05, 0.1) is 22.6 Å². The lowest BCUT2D eigenvalue weighted by molar-refractivity contribution is 0.420. The summed E-state index contributed by atoms with van der Waals surface area (Å²) in [5.74, 6) is 0.345. The minimum atomic E-state index is -1.83. The number of nitrogens with zero attached hydrogens (tertiary/aromatic N) is 1. The van der Waals surface area contributed by atoms with Crippen molar-refractivity contribution >= 4 is 45.7 Å². The molecule has 1 aliphatic rings. The highest BCUT2D eigenvalue weighted by Crippen LogP contribution is 2.37. The lowest BCUT2D eigenvalue weighted by atomic mass is 9.95. The van der Waals surface area contributed by atoms with Gasteiger partial charge in [0.15, 0.2) is 5.17 Å². The van der Waals surface area contributed by atoms with Crippen LogP contribution in [0.15, 0.2) is 53.5 Å². The Morgan fingerprint density at radius 1 is 1.15 bits per heavy atom. The Labute approximate surface area is 169 Å². The Hall–Kier alpha value is -1.63. The first-order valence-corrected chi connectivity index (χ1v) is 9.87. The molecule has 0 saturated carbocycles. The second-order valence-electron chi connectivity index (χ2n) is 5.83. The number of hydrogen-bond acceptors (Lipinski definition) is 3. The van der Waals surface area contributed by atoms with Crippen molar-refractivity contribution in [3.63, 3.8) is 0 Å². The second-order valence-corrected chi connectivity index (χ2v) is 7.69. The largest absolute Gasteiger partial charge is 0.358 e. The molecular weight excluding hydrogens is 416 g/mol. The maximum Gasteiger partial charge on any atom is 0.274 e. The summed E-state index contributed by atoms with van der Waals surface area (Å²) in [6.07, 6.45) is -1.89. The van der Waals surface area contributed by atoms with Crippen molar-refractivity contribution in [2.45, 2.75) is 12.5 Å². The quantitative estimate of drug-likeness (QED) is 0.580. The summed E-state index contributed by atoms with van der Waals surface area (Å²) >= 11 is 14.0. The van der Waals surface area contributed by atoms with Crippen LogP contribution >= 0.6 is 35.0 Å². The summed E-state index contributed by atoms with van der Waals surface area (Å²) in [7, 11) is 0. The van der Waals surface area contributed by atoms with Crippen molar-refractivity contribution in [1.82, 2.24) is 5.32 Å². The molecule has 1 atom stereocenters. The van der Waals surface area contributed by atoms with Crippen molar-refractivity contribution < 1.29 is 13.2 Å². The molecule has 0 spiro atoms. The number of amidine groups is 1. The SMILES string of the molecule is FC(F)=C(CC(NC1=NCCS1)c1cccc(Cl)c1Cl)c1ccc(F)cc1. The summed E-state index contributed by atoms with van der Waals surface area (Å²) < 4.78 is 40.6. The van der Waals surface area contributed by atoms with Crippen LogP contribution < -0.4 is 5.32 Å². The molecule has 27 heavy (non-hydrogen) atoms. The summed E-state index contributed by atoms with van der Waals surface area (Å²) in [5.41, 5.74) is 0.662. The van der Waals surface area contributed by atoms with Crippen molar-refractivity contribution in [2.24, 2.45) is 4.99 Å². The van der Waals surface area contributed by atoms with Crippen molar-refractivity contribution in [1.29, 1.82) is 0 Å². The molecular formula is C19H15Cl2F3N2S. The van der Waals surface area contributed by atoms with Gasteiger partial charge in [0, 0.05) is 17.7 Å². The molecule has 0 saturated heterocycles. The van der Waals surface area contributed by atoms with Crippen LogP contribution in [0.5, 0.6) is 0 Å². The van der Waals surface area contributed by atoms with E-state index in [1.54, 1.807) is 18.2 Å². The fourth-order valence-corrected chi connectivity index (χ4v) is 3.98. The lowest BCUT2D eigenvalue weighted by Crippen LogP contribution is -2.26. The van der Waals surface area contributed by atoms with Crippen LogP contribution in [-0.2, 0) is 0 Å². The first-order valence-electron chi connectivity index (χ1n) is 8.13. The third kappa shape index (κ3) is 5.00. The van der Waals surface area contributed by atoms with Gasteiger partial charge in [-0.15, -0.1) is 0 Å². The molecule has 1 N–H and O–H groups in total. The lowest BCUT2D eigenvalue weighted by Gasteiger charge is -2.23. The molecule has 8 heteroatoms. The maximum absolute atomic E-state index is 13.7. The van der Waals surface area contributed by atoms with E-state index in [2.05, 4.69) is 10.3 Å². The van der Waals surface area contributed by atoms with Crippen LogP contribution in [0.3, 0.4) is 0 Å². The molecule has 0 radical (unpaired) electrons. The molecule has 2 nitrogen and oxygen atoms in total. The zero-order valence-electron chi connectivity index (χ0n) is 14.0. The molecule has 0 aromatic heterocycles. The maximum atomic E-state index is 13.7. The van der Waals surface area contributed by atoms with Crippen LogP contribution in [0, 0.1) is 5.82 Å². The fraction of sp³-hybridized carbons (Fsp3) is 0.211. The van der Waals surface area contributed by atoms with Gasteiger partial charge in [-0.05, 0) is 29.3 Å². The predicted molar refractivity (Wildman–Crippen MR) is 107 cm³/mol. The van der Waals surface area contributed by atoms with Gasteiger partial charge in [0.2, 0.25) is 0 Å².